The zero-order valence-electron chi connectivity index (χ0n) is 4.32. The van der Waals surface area contributed by atoms with Gasteiger partial charge in [-0.05, 0) is 0 Å². The van der Waals surface area contributed by atoms with Crippen molar-refractivity contribution in [3.63, 3.8) is 0 Å². The van der Waals surface area contributed by atoms with E-state index in [1.807, 2.05) is 0 Å². The molecule has 0 aliphatic heterocycles. The summed E-state index contributed by atoms with van der Waals surface area (Å²) in [6.45, 7) is 0. The minimum absolute atomic E-state index is 0.469. The fraction of sp³-hybridized carbons (Fsp3) is 0. The number of hydrogen-bond donors (Lipinski definition) is 0. The number of halogens is 2. The van der Waals surface area contributed by atoms with Gasteiger partial charge in [0.25, 0.3) is 0 Å². The third kappa shape index (κ3) is 1.57. The van der Waals surface area contributed by atoms with Crippen molar-refractivity contribution in [2.75, 3.05) is 0 Å². The maximum absolute atomic E-state index is 12.3. The van der Waals surface area contributed by atoms with E-state index < -0.39 is 11.6 Å². The summed E-state index contributed by atoms with van der Waals surface area (Å²) in [6.07, 6.45) is 0. The van der Waals surface area contributed by atoms with Crippen molar-refractivity contribution in [2.45, 2.75) is 0 Å². The molecular weight excluding hydrogens is 302 g/mol. The third-order valence-electron chi connectivity index (χ3n) is 0.864. The molecule has 0 heterocycles. The van der Waals surface area contributed by atoms with Gasteiger partial charge in [0, 0.05) is 0 Å². The topological polar surface area (TPSA) is 0 Å². The van der Waals surface area contributed by atoms with Crippen molar-refractivity contribution in [2.24, 2.45) is 0 Å². The van der Waals surface area contributed by atoms with Gasteiger partial charge in [-0.15, -0.1) is 0 Å². The molecule has 0 fully saturated rings. The second-order valence-corrected chi connectivity index (χ2v) is 2.82. The second-order valence-electron chi connectivity index (χ2n) is 1.53. The summed E-state index contributed by atoms with van der Waals surface area (Å²) >= 11 is 1.59. The predicted octanol–water partition coefficient (Wildman–Crippen LogP) is 1.14. The van der Waals surface area contributed by atoms with Crippen LogP contribution >= 0.6 is 0 Å². The van der Waals surface area contributed by atoms with E-state index in [-0.39, 0.29) is 0 Å². The van der Waals surface area contributed by atoms with Crippen LogP contribution in [0.5, 0.6) is 0 Å². The van der Waals surface area contributed by atoms with Gasteiger partial charge in [0.2, 0.25) is 0 Å². The van der Waals surface area contributed by atoms with Crippen LogP contribution in [0.15, 0.2) is 18.2 Å². The quantitative estimate of drug-likeness (QED) is 0.674. The Labute approximate surface area is 62.0 Å². The molecule has 0 unspecified atom stereocenters. The average molecular weight is 305 g/mol. The van der Waals surface area contributed by atoms with Crippen LogP contribution in [0.2, 0.25) is 0 Å². The number of hydrogen-bond acceptors (Lipinski definition) is 0. The molecule has 1 rings (SSSR count). The van der Waals surface area contributed by atoms with Gasteiger partial charge in [0.1, 0.15) is 0 Å². The van der Waals surface area contributed by atoms with Gasteiger partial charge in [0.05, 0.1) is 0 Å². The fourth-order valence-electron chi connectivity index (χ4n) is 0.464. The Morgan fingerprint density at radius 3 is 2.33 bits per heavy atom. The summed E-state index contributed by atoms with van der Waals surface area (Å²) < 4.78 is 24.9. The van der Waals surface area contributed by atoms with Crippen molar-refractivity contribution in [1.29, 1.82) is 0 Å². The van der Waals surface area contributed by atoms with E-state index in [0.29, 0.717) is 4.08 Å². The Hall–Kier alpha value is -0.271. The molecule has 0 N–H and O–H groups in total. The molecule has 0 nitrogen and oxygen atoms in total. The Morgan fingerprint density at radius 1 is 1.22 bits per heavy atom. The minimum atomic E-state index is -0.530. The molecule has 9 heavy (non-hydrogen) atoms. The van der Waals surface area contributed by atoms with Crippen molar-refractivity contribution in [1.82, 2.24) is 0 Å². The molecular formula is C6H3F2Ir. The fourth-order valence-corrected chi connectivity index (χ4v) is 0.836. The molecule has 0 radical (unpaired) electrons. The van der Waals surface area contributed by atoms with Gasteiger partial charge in [-0.2, -0.15) is 0 Å². The molecule has 0 spiro atoms. The van der Waals surface area contributed by atoms with Crippen molar-refractivity contribution in [3.8, 4) is 0 Å². The number of benzene rings is 1. The first kappa shape index (κ1) is 6.84. The monoisotopic (exact) mass is 306 g/mol. The molecule has 0 amide bonds. The SMILES string of the molecule is Fc1cc[c]([Ir])c(F)c1. The summed E-state index contributed by atoms with van der Waals surface area (Å²) in [5.74, 6) is -1.02. The van der Waals surface area contributed by atoms with Crippen molar-refractivity contribution >= 4 is 4.08 Å². The van der Waals surface area contributed by atoms with E-state index in [1.54, 1.807) is 18.9 Å². The summed E-state index contributed by atoms with van der Waals surface area (Å²) in [4.78, 5) is 0. The van der Waals surface area contributed by atoms with Gasteiger partial charge >= 0.3 is 61.6 Å². The van der Waals surface area contributed by atoms with Gasteiger partial charge in [-0.25, -0.2) is 0 Å². The predicted molar refractivity (Wildman–Crippen MR) is 26.0 cm³/mol. The van der Waals surface area contributed by atoms with Crippen molar-refractivity contribution < 1.29 is 27.7 Å². The van der Waals surface area contributed by atoms with E-state index in [9.17, 15) is 8.78 Å². The molecule has 3 heteroatoms. The molecule has 0 aliphatic carbocycles. The standard InChI is InChI=1S/C6H3F2.Ir/c7-5-2-1-3-6(8)4-5;/h1-2,4H;. The van der Waals surface area contributed by atoms with Crippen LogP contribution in [-0.2, 0) is 18.9 Å². The Bertz CT molecular complexity index is 222. The van der Waals surface area contributed by atoms with E-state index >= 15 is 0 Å². The first-order chi connectivity index (χ1) is 4.20. The molecule has 0 atom stereocenters. The van der Waals surface area contributed by atoms with Gasteiger partial charge < -0.3 is 0 Å². The first-order valence-electron chi connectivity index (χ1n) is 2.28. The van der Waals surface area contributed by atoms with Crippen LogP contribution in [-0.4, -0.2) is 0 Å². The van der Waals surface area contributed by atoms with E-state index in [2.05, 4.69) is 0 Å². The second kappa shape index (κ2) is 2.54. The Kier molecular flexibility index (Phi) is 1.93. The van der Waals surface area contributed by atoms with Crippen LogP contribution < -0.4 is 4.08 Å². The summed E-state index contributed by atoms with van der Waals surface area (Å²) in [5, 5.41) is 0. The van der Waals surface area contributed by atoms with Crippen LogP contribution in [0.25, 0.3) is 0 Å². The zero-order valence-corrected chi connectivity index (χ0v) is 6.72. The molecule has 0 saturated heterocycles. The van der Waals surface area contributed by atoms with E-state index in [0.717, 1.165) is 6.07 Å². The molecule has 0 aliphatic rings. The maximum atomic E-state index is 12.3. The van der Waals surface area contributed by atoms with Crippen LogP contribution in [0.1, 0.15) is 0 Å². The summed E-state index contributed by atoms with van der Waals surface area (Å²) in [5.41, 5.74) is 0. The number of rotatable bonds is 0. The zero-order chi connectivity index (χ0) is 6.85. The van der Waals surface area contributed by atoms with Gasteiger partial charge in [-0.1, -0.05) is 0 Å². The Balaban J connectivity index is 3.17. The van der Waals surface area contributed by atoms with Crippen LogP contribution in [0.3, 0.4) is 0 Å². The van der Waals surface area contributed by atoms with Gasteiger partial charge in [-0.3, -0.25) is 0 Å². The van der Waals surface area contributed by atoms with E-state index in [1.165, 1.54) is 12.1 Å². The molecule has 0 bridgehead atoms. The first-order valence-corrected chi connectivity index (χ1v) is 3.48. The molecule has 50 valence electrons. The summed E-state index contributed by atoms with van der Waals surface area (Å²) in [6, 6.07) is 3.51. The van der Waals surface area contributed by atoms with Crippen molar-refractivity contribution in [3.05, 3.63) is 29.8 Å². The molecule has 0 aromatic heterocycles. The van der Waals surface area contributed by atoms with Crippen LogP contribution in [0, 0.1) is 11.6 Å². The third-order valence-corrected chi connectivity index (χ3v) is 1.83. The van der Waals surface area contributed by atoms with Crippen LogP contribution in [0.4, 0.5) is 8.78 Å². The van der Waals surface area contributed by atoms with E-state index in [4.69, 9.17) is 0 Å². The molecule has 0 saturated carbocycles. The average Bonchev–Trinajstić information content (AvgIpc) is 1.80. The van der Waals surface area contributed by atoms with Gasteiger partial charge in [0.15, 0.2) is 0 Å². The summed E-state index contributed by atoms with van der Waals surface area (Å²) in [7, 11) is 0. The normalized spacial score (nSPS) is 9.78. The Morgan fingerprint density at radius 2 is 1.89 bits per heavy atom. The molecule has 1 aromatic carbocycles. The molecule has 1 aromatic rings.